The van der Waals surface area contributed by atoms with Crippen molar-refractivity contribution in [3.8, 4) is 0 Å². The zero-order chi connectivity index (χ0) is 14.7. The van der Waals surface area contributed by atoms with Crippen LogP contribution in [0.1, 0.15) is 5.56 Å². The van der Waals surface area contributed by atoms with Crippen LogP contribution in [0.2, 0.25) is 0 Å². The van der Waals surface area contributed by atoms with Crippen molar-refractivity contribution >= 4 is 11.5 Å². The number of nitrogen functional groups attached to an aromatic ring is 1. The number of β-amino-alcohol motifs (C(OH)–C–C–N with tert-alkyl or cyclic N) is 1. The molecule has 1 aliphatic heterocycles. The molecule has 1 heterocycles. The Kier molecular flexibility index (Phi) is 4.51. The number of benzene rings is 1. The standard InChI is InChI=1S/C13H18F2N4O/c14-10-7-9(13(16)17)8-11(15)12(10)19-3-1-18(2-4-19)5-6-20/h7-8,20H,1-6H2,(H3,16,17). The molecule has 1 fully saturated rings. The van der Waals surface area contributed by atoms with Crippen molar-refractivity contribution in [2.45, 2.75) is 0 Å². The molecule has 2 rings (SSSR count). The summed E-state index contributed by atoms with van der Waals surface area (Å²) in [4.78, 5) is 3.68. The number of nitrogens with one attached hydrogen (secondary N) is 1. The molecule has 0 saturated carbocycles. The Hall–Kier alpha value is -1.73. The predicted octanol–water partition coefficient (Wildman–Crippen LogP) is 0.363. The third-order valence-electron chi connectivity index (χ3n) is 3.43. The zero-order valence-corrected chi connectivity index (χ0v) is 11.1. The highest BCUT2D eigenvalue weighted by atomic mass is 19.1. The van der Waals surface area contributed by atoms with E-state index in [2.05, 4.69) is 0 Å². The Morgan fingerprint density at radius 1 is 1.20 bits per heavy atom. The molecule has 0 spiro atoms. The van der Waals surface area contributed by atoms with E-state index < -0.39 is 11.6 Å². The van der Waals surface area contributed by atoms with E-state index in [-0.39, 0.29) is 23.7 Å². The van der Waals surface area contributed by atoms with Gasteiger partial charge in [-0.05, 0) is 12.1 Å². The van der Waals surface area contributed by atoms with E-state index in [1.807, 2.05) is 4.90 Å². The van der Waals surface area contributed by atoms with E-state index in [1.165, 1.54) is 0 Å². The molecule has 1 aromatic rings. The summed E-state index contributed by atoms with van der Waals surface area (Å²) in [5.74, 6) is -1.77. The lowest BCUT2D eigenvalue weighted by Crippen LogP contribution is -2.47. The molecule has 5 nitrogen and oxygen atoms in total. The summed E-state index contributed by atoms with van der Waals surface area (Å²) >= 11 is 0. The minimum atomic E-state index is -0.703. The summed E-state index contributed by atoms with van der Waals surface area (Å²) in [7, 11) is 0. The van der Waals surface area contributed by atoms with Crippen molar-refractivity contribution in [3.05, 3.63) is 29.3 Å². The molecule has 0 unspecified atom stereocenters. The molecule has 1 saturated heterocycles. The van der Waals surface area contributed by atoms with Gasteiger partial charge in [0, 0.05) is 38.3 Å². The van der Waals surface area contributed by atoms with E-state index >= 15 is 0 Å². The van der Waals surface area contributed by atoms with Gasteiger partial charge in [0.1, 0.15) is 23.2 Å². The topological polar surface area (TPSA) is 76.6 Å². The van der Waals surface area contributed by atoms with Crippen LogP contribution >= 0.6 is 0 Å². The van der Waals surface area contributed by atoms with Gasteiger partial charge < -0.3 is 15.7 Å². The minimum Gasteiger partial charge on any atom is -0.395 e. The van der Waals surface area contributed by atoms with Gasteiger partial charge in [-0.2, -0.15) is 0 Å². The van der Waals surface area contributed by atoms with Crippen molar-refractivity contribution in [2.24, 2.45) is 5.73 Å². The van der Waals surface area contributed by atoms with Gasteiger partial charge in [0.25, 0.3) is 0 Å². The number of piperazine rings is 1. The molecule has 0 aliphatic carbocycles. The van der Waals surface area contributed by atoms with Crippen LogP contribution in [0.5, 0.6) is 0 Å². The second-order valence-electron chi connectivity index (χ2n) is 4.75. The Balaban J connectivity index is 2.16. The van der Waals surface area contributed by atoms with Crippen LogP contribution in [-0.4, -0.2) is 55.2 Å². The number of aliphatic hydroxyl groups excluding tert-OH is 1. The van der Waals surface area contributed by atoms with Crippen molar-refractivity contribution in [1.29, 1.82) is 5.41 Å². The summed E-state index contributed by atoms with van der Waals surface area (Å²) in [5, 5.41) is 16.1. The highest BCUT2D eigenvalue weighted by Gasteiger charge is 2.23. The first kappa shape index (κ1) is 14.7. The van der Waals surface area contributed by atoms with Gasteiger partial charge in [0.2, 0.25) is 0 Å². The molecule has 110 valence electrons. The number of amidine groups is 1. The second kappa shape index (κ2) is 6.15. The summed E-state index contributed by atoms with van der Waals surface area (Å²) < 4.78 is 28.0. The van der Waals surface area contributed by atoms with Gasteiger partial charge in [-0.15, -0.1) is 0 Å². The number of hydrogen-bond acceptors (Lipinski definition) is 4. The lowest BCUT2D eigenvalue weighted by molar-refractivity contribution is 0.188. The van der Waals surface area contributed by atoms with Gasteiger partial charge in [-0.1, -0.05) is 0 Å². The maximum Gasteiger partial charge on any atom is 0.150 e. The quantitative estimate of drug-likeness (QED) is 0.551. The Morgan fingerprint density at radius 3 is 2.20 bits per heavy atom. The van der Waals surface area contributed by atoms with Crippen molar-refractivity contribution in [2.75, 3.05) is 44.2 Å². The number of nitrogens with two attached hydrogens (primary N) is 1. The number of aliphatic hydroxyl groups is 1. The fourth-order valence-electron chi connectivity index (χ4n) is 2.36. The Labute approximate surface area is 116 Å². The number of rotatable bonds is 4. The monoisotopic (exact) mass is 284 g/mol. The average molecular weight is 284 g/mol. The van der Waals surface area contributed by atoms with Gasteiger partial charge >= 0.3 is 0 Å². The maximum absolute atomic E-state index is 14.0. The summed E-state index contributed by atoms with van der Waals surface area (Å²) in [5.41, 5.74) is 5.21. The molecule has 20 heavy (non-hydrogen) atoms. The number of hydrogen-bond donors (Lipinski definition) is 3. The zero-order valence-electron chi connectivity index (χ0n) is 11.1. The normalized spacial score (nSPS) is 16.4. The first-order valence-corrected chi connectivity index (χ1v) is 6.44. The molecular weight excluding hydrogens is 266 g/mol. The molecule has 0 amide bonds. The fourth-order valence-corrected chi connectivity index (χ4v) is 2.36. The molecule has 0 radical (unpaired) electrons. The van der Waals surface area contributed by atoms with Gasteiger partial charge in [-0.25, -0.2) is 8.78 Å². The molecule has 0 bridgehead atoms. The van der Waals surface area contributed by atoms with Gasteiger partial charge in [-0.3, -0.25) is 10.3 Å². The SMILES string of the molecule is N=C(N)c1cc(F)c(N2CCN(CCO)CC2)c(F)c1. The third-order valence-corrected chi connectivity index (χ3v) is 3.43. The van der Waals surface area contributed by atoms with Crippen LogP contribution in [0.25, 0.3) is 0 Å². The third kappa shape index (κ3) is 3.05. The summed E-state index contributed by atoms with van der Waals surface area (Å²) in [6, 6.07) is 2.17. The highest BCUT2D eigenvalue weighted by molar-refractivity contribution is 5.95. The Bertz CT molecular complexity index is 478. The van der Waals surface area contributed by atoms with E-state index in [0.717, 1.165) is 12.1 Å². The number of anilines is 1. The van der Waals surface area contributed by atoms with Gasteiger partial charge in [0.15, 0.2) is 0 Å². The second-order valence-corrected chi connectivity index (χ2v) is 4.75. The minimum absolute atomic E-state index is 0.0441. The van der Waals surface area contributed by atoms with Crippen molar-refractivity contribution in [1.82, 2.24) is 4.90 Å². The highest BCUT2D eigenvalue weighted by Crippen LogP contribution is 2.26. The molecule has 1 aromatic carbocycles. The lowest BCUT2D eigenvalue weighted by atomic mass is 10.1. The van der Waals surface area contributed by atoms with E-state index in [4.69, 9.17) is 16.2 Å². The van der Waals surface area contributed by atoms with Crippen LogP contribution in [0, 0.1) is 17.0 Å². The van der Waals surface area contributed by atoms with Gasteiger partial charge in [0.05, 0.1) is 6.61 Å². The first-order chi connectivity index (χ1) is 9.52. The van der Waals surface area contributed by atoms with E-state index in [0.29, 0.717) is 32.7 Å². The summed E-state index contributed by atoms with van der Waals surface area (Å²) in [6.45, 7) is 2.93. The number of nitrogens with zero attached hydrogens (tertiary/aromatic N) is 2. The maximum atomic E-state index is 14.0. The molecule has 7 heteroatoms. The van der Waals surface area contributed by atoms with Crippen molar-refractivity contribution in [3.63, 3.8) is 0 Å². The van der Waals surface area contributed by atoms with Crippen LogP contribution in [0.15, 0.2) is 12.1 Å². The van der Waals surface area contributed by atoms with Crippen molar-refractivity contribution < 1.29 is 13.9 Å². The molecule has 0 atom stereocenters. The molecular formula is C13H18F2N4O. The van der Waals surface area contributed by atoms with E-state index in [9.17, 15) is 8.78 Å². The van der Waals surface area contributed by atoms with E-state index in [1.54, 1.807) is 4.90 Å². The first-order valence-electron chi connectivity index (χ1n) is 6.44. The fraction of sp³-hybridized carbons (Fsp3) is 0.462. The van der Waals surface area contributed by atoms with Crippen LogP contribution in [0.3, 0.4) is 0 Å². The number of halogens is 2. The lowest BCUT2D eigenvalue weighted by Gasteiger charge is -2.36. The Morgan fingerprint density at radius 2 is 1.75 bits per heavy atom. The van der Waals surface area contributed by atoms with Crippen LogP contribution in [-0.2, 0) is 0 Å². The summed E-state index contributed by atoms with van der Waals surface area (Å²) in [6.07, 6.45) is 0. The molecule has 4 N–H and O–H groups in total. The molecule has 1 aliphatic rings. The largest absolute Gasteiger partial charge is 0.395 e. The molecule has 0 aromatic heterocycles. The van der Waals surface area contributed by atoms with Crippen LogP contribution in [0.4, 0.5) is 14.5 Å². The smallest absolute Gasteiger partial charge is 0.150 e. The predicted molar refractivity (Wildman–Crippen MR) is 73.1 cm³/mol. The van der Waals surface area contributed by atoms with Crippen LogP contribution < -0.4 is 10.6 Å². The average Bonchev–Trinajstić information content (AvgIpc) is 2.40.